The number of fused-ring (bicyclic) bond motifs is 1. The topological polar surface area (TPSA) is 114 Å². The zero-order valence-corrected chi connectivity index (χ0v) is 23.3. The molecule has 0 unspecified atom stereocenters. The van der Waals surface area contributed by atoms with Crippen LogP contribution in [0, 0.1) is 0 Å². The van der Waals surface area contributed by atoms with Gasteiger partial charge in [0.2, 0.25) is 5.58 Å². The van der Waals surface area contributed by atoms with Gasteiger partial charge in [-0.05, 0) is 55.8 Å². The molecule has 4 aromatic rings. The van der Waals surface area contributed by atoms with Gasteiger partial charge in [-0.1, -0.05) is 35.5 Å². The van der Waals surface area contributed by atoms with Crippen LogP contribution in [0.2, 0.25) is 0 Å². The molecule has 9 nitrogen and oxygen atoms in total. The summed E-state index contributed by atoms with van der Waals surface area (Å²) in [4.78, 5) is 14.6. The fourth-order valence-corrected chi connectivity index (χ4v) is 5.06. The Kier molecular flexibility index (Phi) is 10.5. The lowest BCUT2D eigenvalue weighted by Crippen LogP contribution is -2.37. The van der Waals surface area contributed by atoms with Crippen molar-refractivity contribution < 1.29 is 14.4 Å². The number of ether oxygens (including phenoxy) is 1. The molecule has 2 saturated heterocycles. The molecule has 39 heavy (non-hydrogen) atoms. The van der Waals surface area contributed by atoms with E-state index in [9.17, 15) is 0 Å². The number of morpholine rings is 1. The van der Waals surface area contributed by atoms with Crippen LogP contribution in [0.3, 0.4) is 0 Å². The minimum absolute atomic E-state index is 0.315. The van der Waals surface area contributed by atoms with Gasteiger partial charge in [0.05, 0.1) is 13.2 Å². The number of aromatic nitrogens is 3. The second kappa shape index (κ2) is 14.2. The van der Waals surface area contributed by atoms with Crippen molar-refractivity contribution in [2.24, 2.45) is 0 Å². The molecule has 0 bridgehead atoms. The molecule has 6 rings (SSSR count). The maximum Gasteiger partial charge on any atom is 0.227 e. The Labute approximate surface area is 234 Å². The Morgan fingerprint density at radius 1 is 0.923 bits per heavy atom. The van der Waals surface area contributed by atoms with Gasteiger partial charge in [-0.2, -0.15) is 0 Å². The maximum atomic E-state index is 7.00. The molecule has 0 aliphatic carbocycles. The molecular weight excluding hydrogens is 516 g/mol. The van der Waals surface area contributed by atoms with Crippen LogP contribution in [-0.4, -0.2) is 78.0 Å². The van der Waals surface area contributed by atoms with Crippen LogP contribution in [-0.2, 0) is 11.3 Å². The lowest BCUT2D eigenvalue weighted by Gasteiger charge is -2.31. The van der Waals surface area contributed by atoms with Gasteiger partial charge in [0.1, 0.15) is 11.2 Å². The lowest BCUT2D eigenvalue weighted by atomic mass is 9.92. The molecule has 2 aliphatic rings. The summed E-state index contributed by atoms with van der Waals surface area (Å²) < 4.78 is 11.5. The van der Waals surface area contributed by atoms with Gasteiger partial charge in [0, 0.05) is 50.3 Å². The average Bonchev–Trinajstić information content (AvgIpc) is 3.45. The Morgan fingerprint density at radius 2 is 1.59 bits per heavy atom. The molecule has 2 aliphatic heterocycles. The number of nitrogens with two attached hydrogens (primary N) is 1. The first-order chi connectivity index (χ1) is 19.2. The summed E-state index contributed by atoms with van der Waals surface area (Å²) in [6.45, 7) is 5.91. The first-order valence-corrected chi connectivity index (χ1v) is 13.9. The standard InChI is InChI=1S/C27H30N6O2.CH3Cl.CH4O/c28-22-8-6-21(7-9-22)26-29-24-23(31-35-25(24)27(30-26)33-14-16-34-17-15-33)20-10-12-32(13-11-20)18-19-4-2-1-3-5-19;2*1-2/h1-9,20H,10-18,28H2;1H3;2H,1H3. The van der Waals surface area contributed by atoms with Crippen LogP contribution < -0.4 is 10.6 Å². The molecule has 10 heteroatoms. The summed E-state index contributed by atoms with van der Waals surface area (Å²) in [5.41, 5.74) is 11.4. The number of halogens is 1. The number of hydrogen-bond acceptors (Lipinski definition) is 9. The molecule has 3 N–H and O–H groups in total. The van der Waals surface area contributed by atoms with Crippen LogP contribution in [0.25, 0.3) is 22.5 Å². The van der Waals surface area contributed by atoms with E-state index in [1.54, 1.807) is 0 Å². The summed E-state index contributed by atoms with van der Waals surface area (Å²) in [5, 5.41) is 11.6. The van der Waals surface area contributed by atoms with Crippen LogP contribution in [0.5, 0.6) is 0 Å². The lowest BCUT2D eigenvalue weighted by molar-refractivity contribution is 0.122. The van der Waals surface area contributed by atoms with Gasteiger partial charge in [0.25, 0.3) is 0 Å². The number of anilines is 2. The third-order valence-corrected chi connectivity index (χ3v) is 7.03. The molecular formula is C29H37ClN6O3. The van der Waals surface area contributed by atoms with Crippen molar-refractivity contribution in [3.05, 3.63) is 65.9 Å². The van der Waals surface area contributed by atoms with E-state index in [4.69, 9.17) is 30.1 Å². The Hall–Kier alpha value is -3.24. The second-order valence-electron chi connectivity index (χ2n) is 9.37. The smallest absolute Gasteiger partial charge is 0.227 e. The number of piperidine rings is 1. The van der Waals surface area contributed by atoms with E-state index in [0.717, 1.165) is 81.0 Å². The highest BCUT2D eigenvalue weighted by atomic mass is 35.5. The molecule has 0 atom stereocenters. The monoisotopic (exact) mass is 552 g/mol. The summed E-state index contributed by atoms with van der Waals surface area (Å²) in [5.74, 6) is 1.78. The molecule has 2 aromatic carbocycles. The molecule has 0 amide bonds. The van der Waals surface area contributed by atoms with E-state index < -0.39 is 0 Å². The second-order valence-corrected chi connectivity index (χ2v) is 9.37. The third-order valence-electron chi connectivity index (χ3n) is 7.03. The number of rotatable bonds is 5. The van der Waals surface area contributed by atoms with E-state index in [-0.39, 0.29) is 0 Å². The number of benzene rings is 2. The van der Waals surface area contributed by atoms with Gasteiger partial charge in [-0.3, -0.25) is 4.90 Å². The highest BCUT2D eigenvalue weighted by Crippen LogP contribution is 2.36. The molecule has 4 heterocycles. The SMILES string of the molecule is CCl.CO.Nc1ccc(-c2nc(N3CCOCC3)c3onc(C4CCN(Cc5ccccc5)CC4)c3n2)cc1. The minimum atomic E-state index is 0.315. The van der Waals surface area contributed by atoms with Crippen LogP contribution >= 0.6 is 11.6 Å². The van der Waals surface area contributed by atoms with E-state index >= 15 is 0 Å². The van der Waals surface area contributed by atoms with Crippen molar-refractivity contribution in [2.75, 3.05) is 63.5 Å². The summed E-state index contributed by atoms with van der Waals surface area (Å²) in [6, 6.07) is 18.4. The molecule has 0 saturated carbocycles. The molecule has 0 spiro atoms. The fraction of sp³-hybridized carbons (Fsp3) is 0.414. The van der Waals surface area contributed by atoms with E-state index in [2.05, 4.69) is 56.9 Å². The van der Waals surface area contributed by atoms with Gasteiger partial charge >= 0.3 is 0 Å². The molecule has 2 aromatic heterocycles. The quantitative estimate of drug-likeness (QED) is 0.272. The fourth-order valence-electron chi connectivity index (χ4n) is 5.06. The van der Waals surface area contributed by atoms with E-state index in [1.807, 2.05) is 24.3 Å². The number of nitrogens with zero attached hydrogens (tertiary/aromatic N) is 5. The van der Waals surface area contributed by atoms with Crippen molar-refractivity contribution in [1.82, 2.24) is 20.0 Å². The zero-order valence-electron chi connectivity index (χ0n) is 22.6. The Morgan fingerprint density at radius 3 is 2.26 bits per heavy atom. The Bertz CT molecular complexity index is 1290. The highest BCUT2D eigenvalue weighted by molar-refractivity contribution is 6.15. The van der Waals surface area contributed by atoms with Gasteiger partial charge in [0.15, 0.2) is 11.6 Å². The normalized spacial score (nSPS) is 16.3. The van der Waals surface area contributed by atoms with Crippen molar-refractivity contribution in [1.29, 1.82) is 0 Å². The van der Waals surface area contributed by atoms with E-state index in [0.29, 0.717) is 30.5 Å². The summed E-state index contributed by atoms with van der Waals surface area (Å²) in [7, 11) is 1.00. The van der Waals surface area contributed by atoms with Gasteiger partial charge < -0.3 is 25.0 Å². The molecule has 208 valence electrons. The summed E-state index contributed by atoms with van der Waals surface area (Å²) in [6.07, 6.45) is 3.53. The number of hydrogen-bond donors (Lipinski definition) is 2. The predicted octanol–water partition coefficient (Wildman–Crippen LogP) is 4.55. The van der Waals surface area contributed by atoms with Crippen LogP contribution in [0.1, 0.15) is 30.0 Å². The zero-order chi connectivity index (χ0) is 27.6. The van der Waals surface area contributed by atoms with Crippen LogP contribution in [0.4, 0.5) is 11.5 Å². The highest BCUT2D eigenvalue weighted by Gasteiger charge is 2.29. The largest absolute Gasteiger partial charge is 0.400 e. The van der Waals surface area contributed by atoms with Crippen molar-refractivity contribution >= 4 is 34.2 Å². The Balaban J connectivity index is 0.000000845. The molecule has 2 fully saturated rings. The first kappa shape index (κ1) is 28.8. The number of nitrogen functional groups attached to an aromatic ring is 1. The first-order valence-electron chi connectivity index (χ1n) is 13.2. The van der Waals surface area contributed by atoms with Crippen molar-refractivity contribution in [2.45, 2.75) is 25.3 Å². The number of likely N-dealkylation sites (tertiary alicyclic amines) is 1. The number of aliphatic hydroxyl groups excluding tert-OH is 1. The number of alkyl halides is 1. The number of aliphatic hydroxyl groups is 1. The molecule has 0 radical (unpaired) electrons. The van der Waals surface area contributed by atoms with Gasteiger partial charge in [-0.15, -0.1) is 11.6 Å². The van der Waals surface area contributed by atoms with Crippen molar-refractivity contribution in [3.8, 4) is 11.4 Å². The third kappa shape index (κ3) is 6.86. The average molecular weight is 553 g/mol. The summed E-state index contributed by atoms with van der Waals surface area (Å²) >= 11 is 4.64. The van der Waals surface area contributed by atoms with Crippen LogP contribution in [0.15, 0.2) is 59.1 Å². The minimum Gasteiger partial charge on any atom is -0.400 e. The van der Waals surface area contributed by atoms with Crippen molar-refractivity contribution in [3.63, 3.8) is 0 Å². The van der Waals surface area contributed by atoms with Gasteiger partial charge in [-0.25, -0.2) is 9.97 Å². The maximum absolute atomic E-state index is 7.00. The van der Waals surface area contributed by atoms with E-state index in [1.165, 1.54) is 11.9 Å². The predicted molar refractivity (Wildman–Crippen MR) is 156 cm³/mol.